The zero-order chi connectivity index (χ0) is 18.1. The van der Waals surface area contributed by atoms with Crippen molar-refractivity contribution in [2.75, 3.05) is 0 Å². The van der Waals surface area contributed by atoms with E-state index in [1.807, 2.05) is 42.5 Å². The Morgan fingerprint density at radius 2 is 1.69 bits per heavy atom. The molecule has 0 fully saturated rings. The highest BCUT2D eigenvalue weighted by Crippen LogP contribution is 2.25. The van der Waals surface area contributed by atoms with Gasteiger partial charge in [-0.2, -0.15) is 0 Å². The lowest BCUT2D eigenvalue weighted by atomic mass is 10.0. The minimum atomic E-state index is -0.550. The van der Waals surface area contributed by atoms with Gasteiger partial charge < -0.3 is 4.74 Å². The second-order valence-electron chi connectivity index (χ2n) is 5.71. The molecule has 0 aliphatic carbocycles. The van der Waals surface area contributed by atoms with Crippen molar-refractivity contribution in [3.05, 3.63) is 93.7 Å². The number of benzene rings is 3. The largest absolute Gasteiger partial charge is 0.402 e. The molecular formula is C20H12N2O4. The first-order valence-electron chi connectivity index (χ1n) is 7.87. The van der Waals surface area contributed by atoms with Gasteiger partial charge in [-0.15, -0.1) is 0 Å². The molecule has 0 saturated carbocycles. The average molecular weight is 344 g/mol. The topological polar surface area (TPSA) is 81.8 Å². The molecule has 0 radical (unpaired) electrons. The van der Waals surface area contributed by atoms with Gasteiger partial charge in [0.25, 0.3) is 5.69 Å². The number of nitro benzene ring substituents is 1. The molecule has 1 aliphatic heterocycles. The van der Waals surface area contributed by atoms with E-state index in [2.05, 4.69) is 4.99 Å². The Bertz CT molecular complexity index is 1090. The second-order valence-corrected chi connectivity index (χ2v) is 5.71. The zero-order valence-electron chi connectivity index (χ0n) is 13.5. The summed E-state index contributed by atoms with van der Waals surface area (Å²) < 4.78 is 5.34. The highest BCUT2D eigenvalue weighted by Gasteiger charge is 2.25. The molecule has 0 saturated heterocycles. The molecule has 1 aliphatic rings. The lowest BCUT2D eigenvalue weighted by molar-refractivity contribution is -0.384. The fraction of sp³-hybridized carbons (Fsp3) is 0. The van der Waals surface area contributed by atoms with Gasteiger partial charge in [0, 0.05) is 17.7 Å². The third kappa shape index (κ3) is 2.84. The van der Waals surface area contributed by atoms with Crippen LogP contribution in [0.5, 0.6) is 0 Å². The van der Waals surface area contributed by atoms with Crippen LogP contribution in [0.4, 0.5) is 5.69 Å². The summed E-state index contributed by atoms with van der Waals surface area (Å²) in [5, 5.41) is 12.7. The van der Waals surface area contributed by atoms with Gasteiger partial charge in [0.05, 0.1) is 4.92 Å². The predicted octanol–water partition coefficient (Wildman–Crippen LogP) is 4.09. The Morgan fingerprint density at radius 1 is 0.962 bits per heavy atom. The molecule has 6 heteroatoms. The minimum absolute atomic E-state index is 0.0129. The van der Waals surface area contributed by atoms with Crippen LogP contribution in [0.25, 0.3) is 16.8 Å². The number of cyclic esters (lactones) is 1. The SMILES string of the molecule is O=C1OC(c2cccc3ccccc23)=NC1=Cc1ccc([N+](=O)[O-])cc1. The van der Waals surface area contributed by atoms with Crippen molar-refractivity contribution in [2.45, 2.75) is 0 Å². The number of non-ortho nitro benzene ring substituents is 1. The molecule has 3 aromatic rings. The summed E-state index contributed by atoms with van der Waals surface area (Å²) in [6, 6.07) is 19.4. The third-order valence-electron chi connectivity index (χ3n) is 4.05. The second kappa shape index (κ2) is 6.25. The van der Waals surface area contributed by atoms with Gasteiger partial charge in [-0.05, 0) is 40.6 Å². The van der Waals surface area contributed by atoms with E-state index in [1.54, 1.807) is 18.2 Å². The van der Waals surface area contributed by atoms with Crippen molar-refractivity contribution in [2.24, 2.45) is 4.99 Å². The maximum Gasteiger partial charge on any atom is 0.363 e. The van der Waals surface area contributed by atoms with Crippen molar-refractivity contribution >= 4 is 34.4 Å². The third-order valence-corrected chi connectivity index (χ3v) is 4.05. The quantitative estimate of drug-likeness (QED) is 0.310. The van der Waals surface area contributed by atoms with Gasteiger partial charge in [0.2, 0.25) is 5.90 Å². The molecule has 0 unspecified atom stereocenters. The fourth-order valence-corrected chi connectivity index (χ4v) is 2.79. The van der Waals surface area contributed by atoms with Crippen molar-refractivity contribution < 1.29 is 14.5 Å². The lowest BCUT2D eigenvalue weighted by Crippen LogP contribution is -2.05. The Morgan fingerprint density at radius 3 is 2.46 bits per heavy atom. The van der Waals surface area contributed by atoms with Crippen LogP contribution < -0.4 is 0 Å². The monoisotopic (exact) mass is 344 g/mol. The molecule has 0 bridgehead atoms. The molecule has 0 atom stereocenters. The Hall–Kier alpha value is -3.80. The lowest BCUT2D eigenvalue weighted by Gasteiger charge is -2.04. The van der Waals surface area contributed by atoms with Gasteiger partial charge in [-0.25, -0.2) is 9.79 Å². The first kappa shape index (κ1) is 15.7. The van der Waals surface area contributed by atoms with E-state index >= 15 is 0 Å². The van der Waals surface area contributed by atoms with Crippen molar-refractivity contribution in [3.63, 3.8) is 0 Å². The van der Waals surface area contributed by atoms with Gasteiger partial charge in [-0.3, -0.25) is 10.1 Å². The molecule has 1 heterocycles. The smallest absolute Gasteiger partial charge is 0.363 e. The normalized spacial score (nSPS) is 15.2. The predicted molar refractivity (Wildman–Crippen MR) is 97.7 cm³/mol. The molecule has 0 aromatic heterocycles. The molecule has 0 N–H and O–H groups in total. The molecule has 0 amide bonds. The molecule has 0 spiro atoms. The molecule has 26 heavy (non-hydrogen) atoms. The highest BCUT2D eigenvalue weighted by molar-refractivity contribution is 6.17. The van der Waals surface area contributed by atoms with Crippen LogP contribution in [-0.2, 0) is 9.53 Å². The number of carbonyl (C=O) groups excluding carboxylic acids is 1. The Labute approximate surface area is 148 Å². The van der Waals surface area contributed by atoms with E-state index < -0.39 is 10.9 Å². The van der Waals surface area contributed by atoms with Crippen LogP contribution >= 0.6 is 0 Å². The number of rotatable bonds is 3. The van der Waals surface area contributed by atoms with Crippen LogP contribution in [0.1, 0.15) is 11.1 Å². The van der Waals surface area contributed by atoms with Crippen LogP contribution in [0.3, 0.4) is 0 Å². The van der Waals surface area contributed by atoms with Crippen molar-refractivity contribution in [1.82, 2.24) is 0 Å². The number of nitrogens with zero attached hydrogens (tertiary/aromatic N) is 2. The van der Waals surface area contributed by atoms with E-state index in [0.29, 0.717) is 5.56 Å². The number of ether oxygens (including phenoxy) is 1. The van der Waals surface area contributed by atoms with E-state index in [9.17, 15) is 14.9 Å². The summed E-state index contributed by atoms with van der Waals surface area (Å²) in [4.78, 5) is 26.7. The number of aliphatic imine (C=N–C) groups is 1. The standard InChI is InChI=1S/C20H12N2O4/c23-20-18(12-13-8-10-15(11-9-13)22(24)25)21-19(26-20)17-7-3-5-14-4-1-2-6-16(14)17/h1-12H. The minimum Gasteiger partial charge on any atom is -0.402 e. The average Bonchev–Trinajstić information content (AvgIpc) is 3.02. The van der Waals surface area contributed by atoms with E-state index in [-0.39, 0.29) is 17.3 Å². The fourth-order valence-electron chi connectivity index (χ4n) is 2.79. The highest BCUT2D eigenvalue weighted by atomic mass is 16.6. The number of hydrogen-bond donors (Lipinski definition) is 0. The first-order valence-corrected chi connectivity index (χ1v) is 7.87. The summed E-state index contributed by atoms with van der Waals surface area (Å²) in [7, 11) is 0. The number of esters is 1. The first-order chi connectivity index (χ1) is 12.6. The van der Waals surface area contributed by atoms with Crippen molar-refractivity contribution in [1.29, 1.82) is 0 Å². The maximum atomic E-state index is 12.2. The molecule has 6 nitrogen and oxygen atoms in total. The maximum absolute atomic E-state index is 12.2. The molecule has 3 aromatic carbocycles. The summed E-state index contributed by atoms with van der Waals surface area (Å²) >= 11 is 0. The van der Waals surface area contributed by atoms with Gasteiger partial charge in [0.1, 0.15) is 0 Å². The molecule has 4 rings (SSSR count). The van der Waals surface area contributed by atoms with Crippen LogP contribution in [0.15, 0.2) is 77.4 Å². The Balaban J connectivity index is 1.72. The van der Waals surface area contributed by atoms with Gasteiger partial charge >= 0.3 is 5.97 Å². The number of hydrogen-bond acceptors (Lipinski definition) is 5. The van der Waals surface area contributed by atoms with Crippen LogP contribution in [0.2, 0.25) is 0 Å². The summed E-state index contributed by atoms with van der Waals surface area (Å²) in [5.41, 5.74) is 1.51. The van der Waals surface area contributed by atoms with Gasteiger partial charge in [-0.1, -0.05) is 36.4 Å². The molecule has 126 valence electrons. The summed E-state index contributed by atoms with van der Waals surface area (Å²) in [6.07, 6.45) is 1.55. The van der Waals surface area contributed by atoms with E-state index in [1.165, 1.54) is 12.1 Å². The Kier molecular flexibility index (Phi) is 3.78. The number of carbonyl (C=O) groups is 1. The van der Waals surface area contributed by atoms with Crippen LogP contribution in [-0.4, -0.2) is 16.8 Å². The van der Waals surface area contributed by atoms with Crippen molar-refractivity contribution in [3.8, 4) is 0 Å². The van der Waals surface area contributed by atoms with Crippen LogP contribution in [0, 0.1) is 10.1 Å². The molecular weight excluding hydrogens is 332 g/mol. The summed E-state index contributed by atoms with van der Waals surface area (Å²) in [5.74, 6) is -0.300. The van der Waals surface area contributed by atoms with Gasteiger partial charge in [0.15, 0.2) is 5.70 Å². The summed E-state index contributed by atoms with van der Waals surface area (Å²) in [6.45, 7) is 0. The number of nitro groups is 1. The number of fused-ring (bicyclic) bond motifs is 1. The zero-order valence-corrected chi connectivity index (χ0v) is 13.5. The van der Waals surface area contributed by atoms with E-state index in [4.69, 9.17) is 4.74 Å². The van der Waals surface area contributed by atoms with E-state index in [0.717, 1.165) is 16.3 Å².